The number of para-hydroxylation sites is 3. The summed E-state index contributed by atoms with van der Waals surface area (Å²) in [6, 6.07) is 24.2. The van der Waals surface area contributed by atoms with Crippen LogP contribution in [-0.4, -0.2) is 27.0 Å². The summed E-state index contributed by atoms with van der Waals surface area (Å²) in [5.74, 6) is 0.675. The molecule has 5 aromatic rings. The van der Waals surface area contributed by atoms with E-state index in [1.165, 1.54) is 5.56 Å². The molecule has 0 fully saturated rings. The van der Waals surface area contributed by atoms with E-state index in [0.717, 1.165) is 45.3 Å². The smallest absolute Gasteiger partial charge is 0.261 e. The highest BCUT2D eigenvalue weighted by molar-refractivity contribution is 6.14. The maximum absolute atomic E-state index is 13.9. The summed E-state index contributed by atoms with van der Waals surface area (Å²) >= 11 is 0. The van der Waals surface area contributed by atoms with Crippen molar-refractivity contribution in [1.29, 1.82) is 0 Å². The number of aromatic nitrogens is 3. The molecule has 6 rings (SSSR count). The number of rotatable bonds is 2. The predicted octanol–water partition coefficient (Wildman–Crippen LogP) is 5.53. The van der Waals surface area contributed by atoms with Crippen molar-refractivity contribution in [2.45, 2.75) is 20.4 Å². The zero-order valence-corrected chi connectivity index (χ0v) is 18.0. The Bertz CT molecular complexity index is 1530. The number of carbonyl (C=O) groups is 1. The average molecular weight is 419 g/mol. The van der Waals surface area contributed by atoms with Crippen molar-refractivity contribution in [3.63, 3.8) is 0 Å². The lowest BCUT2D eigenvalue weighted by Crippen LogP contribution is -2.29. The molecule has 0 N–H and O–H groups in total. The summed E-state index contributed by atoms with van der Waals surface area (Å²) < 4.78 is 2.13. The van der Waals surface area contributed by atoms with Gasteiger partial charge >= 0.3 is 0 Å². The Kier molecular flexibility index (Phi) is 4.12. The van der Waals surface area contributed by atoms with Gasteiger partial charge in [0.25, 0.3) is 5.91 Å². The number of imidazole rings is 1. The number of amides is 1. The van der Waals surface area contributed by atoms with Crippen LogP contribution < -0.4 is 4.90 Å². The second-order valence-electron chi connectivity index (χ2n) is 8.40. The molecule has 1 amide bonds. The molecule has 1 aliphatic heterocycles. The Labute approximate surface area is 186 Å². The quantitative estimate of drug-likeness (QED) is 0.379. The standard InChI is InChI=1S/C27H22N4O/c1-17-11-12-19(18(2)15-17)24-16-21(20-7-3-4-8-22(20)28-24)26(32)31-14-13-30-25-10-6-5-9-23(25)29-27(30)31/h3-12,15-16H,13-14H2,1-2H3. The van der Waals surface area contributed by atoms with Crippen LogP contribution in [0.25, 0.3) is 33.2 Å². The molecule has 3 aromatic carbocycles. The fraction of sp³-hybridized carbons (Fsp3) is 0.148. The monoisotopic (exact) mass is 418 g/mol. The minimum absolute atomic E-state index is 0.0383. The van der Waals surface area contributed by atoms with E-state index >= 15 is 0 Å². The second kappa shape index (κ2) is 7.02. The number of pyridine rings is 1. The number of benzene rings is 3. The second-order valence-corrected chi connectivity index (χ2v) is 8.40. The summed E-state index contributed by atoms with van der Waals surface area (Å²) in [4.78, 5) is 25.3. The molecular weight excluding hydrogens is 396 g/mol. The Balaban J connectivity index is 1.51. The molecular formula is C27H22N4O. The van der Waals surface area contributed by atoms with Crippen molar-refractivity contribution in [3.8, 4) is 11.3 Å². The van der Waals surface area contributed by atoms with Crippen LogP contribution >= 0.6 is 0 Å². The van der Waals surface area contributed by atoms with Gasteiger partial charge < -0.3 is 4.57 Å². The zero-order chi connectivity index (χ0) is 21.8. The van der Waals surface area contributed by atoms with Crippen molar-refractivity contribution in [2.24, 2.45) is 0 Å². The molecule has 0 radical (unpaired) electrons. The van der Waals surface area contributed by atoms with E-state index in [0.29, 0.717) is 18.1 Å². The normalized spacial score (nSPS) is 13.1. The van der Waals surface area contributed by atoms with Gasteiger partial charge in [0.05, 0.1) is 27.8 Å². The SMILES string of the molecule is Cc1ccc(-c2cc(C(=O)N3CCn4c3nc3ccccc34)c3ccccc3n2)c(C)c1. The number of fused-ring (bicyclic) bond motifs is 4. The molecule has 156 valence electrons. The third-order valence-corrected chi connectivity index (χ3v) is 6.27. The number of anilines is 1. The molecule has 0 aliphatic carbocycles. The molecule has 0 unspecified atom stereocenters. The van der Waals surface area contributed by atoms with Crippen LogP contribution in [-0.2, 0) is 6.54 Å². The van der Waals surface area contributed by atoms with Crippen LogP contribution in [0.3, 0.4) is 0 Å². The Morgan fingerprint density at radius 3 is 2.47 bits per heavy atom. The van der Waals surface area contributed by atoms with Crippen LogP contribution in [0.1, 0.15) is 21.5 Å². The third kappa shape index (κ3) is 2.82. The lowest BCUT2D eigenvalue weighted by molar-refractivity contribution is 0.0990. The highest BCUT2D eigenvalue weighted by Gasteiger charge is 2.30. The molecule has 3 heterocycles. The third-order valence-electron chi connectivity index (χ3n) is 6.27. The van der Waals surface area contributed by atoms with Crippen LogP contribution in [0.2, 0.25) is 0 Å². The molecule has 32 heavy (non-hydrogen) atoms. The van der Waals surface area contributed by atoms with E-state index in [4.69, 9.17) is 9.97 Å². The summed E-state index contributed by atoms with van der Waals surface area (Å²) in [5.41, 5.74) is 7.67. The van der Waals surface area contributed by atoms with Crippen LogP contribution in [0.5, 0.6) is 0 Å². The lowest BCUT2D eigenvalue weighted by atomic mass is 9.99. The molecule has 0 atom stereocenters. The van der Waals surface area contributed by atoms with E-state index in [1.807, 2.05) is 48.5 Å². The fourth-order valence-corrected chi connectivity index (χ4v) is 4.72. The first-order valence-corrected chi connectivity index (χ1v) is 10.8. The van der Waals surface area contributed by atoms with Gasteiger partial charge in [-0.25, -0.2) is 9.97 Å². The van der Waals surface area contributed by atoms with Crippen molar-refractivity contribution in [1.82, 2.24) is 14.5 Å². The van der Waals surface area contributed by atoms with E-state index in [-0.39, 0.29) is 5.91 Å². The zero-order valence-electron chi connectivity index (χ0n) is 18.0. The van der Waals surface area contributed by atoms with Crippen LogP contribution in [0.4, 0.5) is 5.95 Å². The van der Waals surface area contributed by atoms with Gasteiger partial charge in [-0.15, -0.1) is 0 Å². The van der Waals surface area contributed by atoms with Crippen molar-refractivity contribution in [2.75, 3.05) is 11.4 Å². The van der Waals surface area contributed by atoms with Gasteiger partial charge in [-0.3, -0.25) is 9.69 Å². The van der Waals surface area contributed by atoms with Crippen LogP contribution in [0.15, 0.2) is 72.8 Å². The average Bonchev–Trinajstić information content (AvgIpc) is 3.37. The minimum atomic E-state index is -0.0383. The summed E-state index contributed by atoms with van der Waals surface area (Å²) in [6.07, 6.45) is 0. The Hall–Kier alpha value is -3.99. The topological polar surface area (TPSA) is 51.0 Å². The van der Waals surface area contributed by atoms with Crippen molar-refractivity contribution >= 4 is 33.8 Å². The minimum Gasteiger partial charge on any atom is -0.308 e. The lowest BCUT2D eigenvalue weighted by Gasteiger charge is -2.17. The summed E-state index contributed by atoms with van der Waals surface area (Å²) in [5, 5.41) is 0.862. The maximum atomic E-state index is 13.9. The first-order chi connectivity index (χ1) is 15.6. The predicted molar refractivity (Wildman–Crippen MR) is 128 cm³/mol. The first kappa shape index (κ1) is 18.8. The van der Waals surface area contributed by atoms with E-state index in [2.05, 4.69) is 42.7 Å². The largest absolute Gasteiger partial charge is 0.308 e. The van der Waals surface area contributed by atoms with Gasteiger partial charge in [-0.05, 0) is 43.7 Å². The Morgan fingerprint density at radius 2 is 1.62 bits per heavy atom. The van der Waals surface area contributed by atoms with Crippen molar-refractivity contribution in [3.05, 3.63) is 89.5 Å². The van der Waals surface area contributed by atoms with Gasteiger partial charge in [0.15, 0.2) is 0 Å². The van der Waals surface area contributed by atoms with E-state index in [1.54, 1.807) is 4.90 Å². The molecule has 5 nitrogen and oxygen atoms in total. The van der Waals surface area contributed by atoms with Gasteiger partial charge in [0.2, 0.25) is 5.95 Å². The van der Waals surface area contributed by atoms with Gasteiger partial charge in [0.1, 0.15) is 0 Å². The molecule has 0 saturated carbocycles. The van der Waals surface area contributed by atoms with Crippen molar-refractivity contribution < 1.29 is 4.79 Å². The number of carbonyl (C=O) groups excluding carboxylic acids is 1. The van der Waals surface area contributed by atoms with Gasteiger partial charge in [-0.1, -0.05) is 54.1 Å². The summed E-state index contributed by atoms with van der Waals surface area (Å²) in [7, 11) is 0. The highest BCUT2D eigenvalue weighted by Crippen LogP contribution is 2.32. The molecule has 0 spiro atoms. The molecule has 2 aromatic heterocycles. The number of nitrogens with zero attached hydrogens (tertiary/aromatic N) is 4. The Morgan fingerprint density at radius 1 is 0.844 bits per heavy atom. The highest BCUT2D eigenvalue weighted by atomic mass is 16.2. The fourth-order valence-electron chi connectivity index (χ4n) is 4.72. The number of hydrogen-bond acceptors (Lipinski definition) is 3. The van der Waals surface area contributed by atoms with Gasteiger partial charge in [-0.2, -0.15) is 0 Å². The molecule has 1 aliphatic rings. The molecule has 0 bridgehead atoms. The maximum Gasteiger partial charge on any atom is 0.261 e. The first-order valence-electron chi connectivity index (χ1n) is 10.8. The number of aryl methyl sites for hydroxylation is 2. The van der Waals surface area contributed by atoms with Gasteiger partial charge in [0, 0.05) is 24.0 Å². The number of hydrogen-bond donors (Lipinski definition) is 0. The molecule has 5 heteroatoms. The van der Waals surface area contributed by atoms with E-state index < -0.39 is 0 Å². The van der Waals surface area contributed by atoms with Crippen LogP contribution in [0, 0.1) is 13.8 Å². The summed E-state index contributed by atoms with van der Waals surface area (Å²) in [6.45, 7) is 5.53. The van der Waals surface area contributed by atoms with E-state index in [9.17, 15) is 4.79 Å². The molecule has 0 saturated heterocycles.